The van der Waals surface area contributed by atoms with Crippen LogP contribution in [0.15, 0.2) is 49.6 Å². The molecule has 1 aromatic rings. The average Bonchev–Trinajstić information content (AvgIpc) is 2.56. The number of piperidine rings is 1. The summed E-state index contributed by atoms with van der Waals surface area (Å²) in [5, 5.41) is 0. The summed E-state index contributed by atoms with van der Waals surface area (Å²) >= 11 is 0. The smallest absolute Gasteiger partial charge is 0.237 e. The van der Waals surface area contributed by atoms with E-state index in [4.69, 9.17) is 0 Å². The maximum Gasteiger partial charge on any atom is 0.237 e. The molecule has 3 nitrogen and oxygen atoms in total. The van der Waals surface area contributed by atoms with E-state index in [2.05, 4.69) is 18.1 Å². The van der Waals surface area contributed by atoms with Gasteiger partial charge in [0.05, 0.1) is 6.54 Å². The van der Waals surface area contributed by atoms with Crippen LogP contribution in [0.25, 0.3) is 0 Å². The molecule has 24 heavy (non-hydrogen) atoms. The monoisotopic (exact) mass is 330 g/mol. The summed E-state index contributed by atoms with van der Waals surface area (Å²) in [5.74, 6) is 0.522. The molecule has 0 bridgehead atoms. The van der Waals surface area contributed by atoms with Gasteiger partial charge in [0.2, 0.25) is 5.91 Å². The van der Waals surface area contributed by atoms with Crippen LogP contribution in [0.4, 0.5) is 4.39 Å². The van der Waals surface area contributed by atoms with Crippen LogP contribution in [0.2, 0.25) is 0 Å². The first-order valence-corrected chi connectivity index (χ1v) is 8.58. The zero-order chi connectivity index (χ0) is 17.4. The van der Waals surface area contributed by atoms with Gasteiger partial charge in [0.25, 0.3) is 0 Å². The van der Waals surface area contributed by atoms with E-state index in [0.717, 1.165) is 37.9 Å². The molecule has 1 aliphatic heterocycles. The lowest BCUT2D eigenvalue weighted by Crippen LogP contribution is -2.43. The van der Waals surface area contributed by atoms with E-state index in [1.165, 1.54) is 6.07 Å². The molecule has 0 spiro atoms. The largest absolute Gasteiger partial charge is 0.334 e. The van der Waals surface area contributed by atoms with Crippen LogP contribution in [0, 0.1) is 11.7 Å². The first-order chi connectivity index (χ1) is 11.6. The highest BCUT2D eigenvalue weighted by Gasteiger charge is 2.22. The molecule has 1 aliphatic rings. The number of amides is 1. The maximum atomic E-state index is 13.3. The predicted molar refractivity (Wildman–Crippen MR) is 96.2 cm³/mol. The Morgan fingerprint density at radius 2 is 1.92 bits per heavy atom. The lowest BCUT2D eigenvalue weighted by molar-refractivity contribution is -0.131. The van der Waals surface area contributed by atoms with Gasteiger partial charge >= 0.3 is 0 Å². The number of carbonyl (C=O) groups excluding carboxylic acids is 1. The van der Waals surface area contributed by atoms with Gasteiger partial charge in [0.1, 0.15) is 5.82 Å². The molecule has 0 aromatic heterocycles. The highest BCUT2D eigenvalue weighted by Crippen LogP contribution is 2.22. The molecular weight excluding hydrogens is 303 g/mol. The minimum absolute atomic E-state index is 0.124. The third kappa shape index (κ3) is 5.60. The number of halogens is 1. The van der Waals surface area contributed by atoms with E-state index in [1.807, 2.05) is 6.07 Å². The molecular formula is C20H27FN2O. The van der Waals surface area contributed by atoms with E-state index in [9.17, 15) is 9.18 Å². The van der Waals surface area contributed by atoms with Gasteiger partial charge in [-0.15, -0.1) is 13.2 Å². The van der Waals surface area contributed by atoms with Gasteiger partial charge in [0, 0.05) is 13.1 Å². The maximum absolute atomic E-state index is 13.3. The number of rotatable bonds is 8. The molecule has 1 fully saturated rings. The van der Waals surface area contributed by atoms with Gasteiger partial charge in [-0.2, -0.15) is 0 Å². The average molecular weight is 330 g/mol. The number of hydrogen-bond acceptors (Lipinski definition) is 2. The Labute approximate surface area is 144 Å². The van der Waals surface area contributed by atoms with Gasteiger partial charge in [-0.05, 0) is 56.0 Å². The van der Waals surface area contributed by atoms with E-state index in [-0.39, 0.29) is 11.7 Å². The standard InChI is InChI=1S/C20H27FN2O/c1-3-10-23(11-4-2)20(24)16-22-12-8-17(9-13-22)14-18-6-5-7-19(21)15-18/h3-7,15,17H,1-2,8-14,16H2. The van der Waals surface area contributed by atoms with Gasteiger partial charge < -0.3 is 4.90 Å². The quantitative estimate of drug-likeness (QED) is 0.683. The molecule has 4 heteroatoms. The molecule has 1 amide bonds. The highest BCUT2D eigenvalue weighted by atomic mass is 19.1. The number of hydrogen-bond donors (Lipinski definition) is 0. The van der Waals surface area contributed by atoms with E-state index in [0.29, 0.717) is 25.6 Å². The molecule has 130 valence electrons. The fourth-order valence-corrected chi connectivity index (χ4v) is 3.23. The van der Waals surface area contributed by atoms with Gasteiger partial charge in [-0.1, -0.05) is 24.3 Å². The normalized spacial score (nSPS) is 15.9. The molecule has 1 heterocycles. The Morgan fingerprint density at radius 1 is 1.25 bits per heavy atom. The third-order valence-electron chi connectivity index (χ3n) is 4.53. The summed E-state index contributed by atoms with van der Waals surface area (Å²) in [6, 6.07) is 6.86. The fraction of sp³-hybridized carbons (Fsp3) is 0.450. The first-order valence-electron chi connectivity index (χ1n) is 8.58. The van der Waals surface area contributed by atoms with Crippen molar-refractivity contribution in [1.29, 1.82) is 0 Å². The Morgan fingerprint density at radius 3 is 2.50 bits per heavy atom. The van der Waals surface area contributed by atoms with Crippen molar-refractivity contribution in [2.45, 2.75) is 19.3 Å². The van der Waals surface area contributed by atoms with Crippen LogP contribution in [-0.2, 0) is 11.2 Å². The highest BCUT2D eigenvalue weighted by molar-refractivity contribution is 5.78. The second kappa shape index (κ2) is 9.38. The van der Waals surface area contributed by atoms with E-state index < -0.39 is 0 Å². The van der Waals surface area contributed by atoms with Crippen molar-refractivity contribution < 1.29 is 9.18 Å². The zero-order valence-electron chi connectivity index (χ0n) is 14.3. The molecule has 1 saturated heterocycles. The Bertz CT molecular complexity index is 555. The first kappa shape index (κ1) is 18.4. The Hall–Kier alpha value is -1.94. The van der Waals surface area contributed by atoms with Crippen LogP contribution in [0.3, 0.4) is 0 Å². The molecule has 0 atom stereocenters. The van der Waals surface area contributed by atoms with Gasteiger partial charge in [-0.25, -0.2) is 4.39 Å². The number of benzene rings is 1. The van der Waals surface area contributed by atoms with Gasteiger partial charge in [-0.3, -0.25) is 9.69 Å². The van der Waals surface area contributed by atoms with Crippen LogP contribution in [0.1, 0.15) is 18.4 Å². The van der Waals surface area contributed by atoms with Gasteiger partial charge in [0.15, 0.2) is 0 Å². The minimum atomic E-state index is -0.167. The zero-order valence-corrected chi connectivity index (χ0v) is 14.3. The van der Waals surface area contributed by atoms with E-state index in [1.54, 1.807) is 29.2 Å². The summed E-state index contributed by atoms with van der Waals surface area (Å²) < 4.78 is 13.3. The number of carbonyl (C=O) groups is 1. The number of likely N-dealkylation sites (tertiary alicyclic amines) is 1. The van der Waals surface area contributed by atoms with Crippen LogP contribution < -0.4 is 0 Å². The van der Waals surface area contributed by atoms with Crippen molar-refractivity contribution in [3.05, 3.63) is 61.0 Å². The van der Waals surface area contributed by atoms with E-state index >= 15 is 0 Å². The second-order valence-corrected chi connectivity index (χ2v) is 6.43. The molecule has 0 N–H and O–H groups in total. The lowest BCUT2D eigenvalue weighted by atomic mass is 9.90. The molecule has 0 unspecified atom stereocenters. The minimum Gasteiger partial charge on any atom is -0.334 e. The van der Waals surface area contributed by atoms with Crippen molar-refractivity contribution in [2.24, 2.45) is 5.92 Å². The van der Waals surface area contributed by atoms with Crippen LogP contribution >= 0.6 is 0 Å². The van der Waals surface area contributed by atoms with Crippen molar-refractivity contribution >= 4 is 5.91 Å². The topological polar surface area (TPSA) is 23.6 Å². The van der Waals surface area contributed by atoms with Crippen LogP contribution in [0.5, 0.6) is 0 Å². The molecule has 2 rings (SSSR count). The van der Waals surface area contributed by atoms with Crippen LogP contribution in [-0.4, -0.2) is 48.4 Å². The molecule has 0 aliphatic carbocycles. The van der Waals surface area contributed by atoms with Crippen molar-refractivity contribution in [3.63, 3.8) is 0 Å². The molecule has 0 radical (unpaired) electrons. The lowest BCUT2D eigenvalue weighted by Gasteiger charge is -2.33. The fourth-order valence-electron chi connectivity index (χ4n) is 3.23. The second-order valence-electron chi connectivity index (χ2n) is 6.43. The third-order valence-corrected chi connectivity index (χ3v) is 4.53. The summed E-state index contributed by atoms with van der Waals surface area (Å²) in [6.45, 7) is 10.8. The summed E-state index contributed by atoms with van der Waals surface area (Å²) in [6.07, 6.45) is 6.50. The Kier molecular flexibility index (Phi) is 7.19. The van der Waals surface area contributed by atoms with Crippen molar-refractivity contribution in [2.75, 3.05) is 32.7 Å². The van der Waals surface area contributed by atoms with Crippen molar-refractivity contribution in [3.8, 4) is 0 Å². The summed E-state index contributed by atoms with van der Waals surface area (Å²) in [4.78, 5) is 16.3. The van der Waals surface area contributed by atoms with Crippen molar-refractivity contribution in [1.82, 2.24) is 9.80 Å². The molecule has 0 saturated carbocycles. The summed E-state index contributed by atoms with van der Waals surface area (Å²) in [5.41, 5.74) is 1.06. The Balaban J connectivity index is 1.78. The SMILES string of the molecule is C=CCN(CC=C)C(=O)CN1CCC(Cc2cccc(F)c2)CC1. The predicted octanol–water partition coefficient (Wildman–Crippen LogP) is 3.28. The molecule has 1 aromatic carbocycles. The summed E-state index contributed by atoms with van der Waals surface area (Å²) in [7, 11) is 0. The number of nitrogens with zero attached hydrogens (tertiary/aromatic N) is 2.